The van der Waals surface area contributed by atoms with Gasteiger partial charge in [0.1, 0.15) is 5.75 Å². The number of carbonyl (C=O) groups is 1. The number of halogens is 1. The quantitative estimate of drug-likeness (QED) is 0.237. The van der Waals surface area contributed by atoms with Crippen molar-refractivity contribution in [3.63, 3.8) is 0 Å². The molecule has 0 bridgehead atoms. The van der Waals surface area contributed by atoms with E-state index in [4.69, 9.17) is 16.3 Å². The van der Waals surface area contributed by atoms with Crippen LogP contribution in [-0.4, -0.2) is 40.0 Å². The van der Waals surface area contributed by atoms with Gasteiger partial charge in [-0.25, -0.2) is 4.68 Å². The molecule has 0 spiro atoms. The van der Waals surface area contributed by atoms with Crippen molar-refractivity contribution in [3.05, 3.63) is 73.9 Å². The Kier molecular flexibility index (Phi) is 6.24. The monoisotopic (exact) mass is 485 g/mol. The van der Waals surface area contributed by atoms with Gasteiger partial charge in [0.25, 0.3) is 5.91 Å². The summed E-state index contributed by atoms with van der Waals surface area (Å²) in [7, 11) is 0. The number of nitro groups is 1. The molecule has 0 saturated carbocycles. The number of phenolic OH excluding ortho intramolecular Hbond substituents is 1. The van der Waals surface area contributed by atoms with Crippen LogP contribution < -0.4 is 14.9 Å². The summed E-state index contributed by atoms with van der Waals surface area (Å²) in [4.78, 5) is 27.1. The lowest BCUT2D eigenvalue weighted by atomic mass is 10.1. The highest BCUT2D eigenvalue weighted by molar-refractivity contribution is 7.07. The molecule has 0 fully saturated rings. The van der Waals surface area contributed by atoms with Crippen LogP contribution in [0, 0.1) is 10.1 Å². The lowest BCUT2D eigenvalue weighted by Gasteiger charge is -2.18. The number of nitro benzene ring substituents is 1. The normalized spacial score (nSPS) is 13.5. The standard InChI is InChI=1S/C21H16ClN5O5S/c1-2-5-23-21-26(24-9-13-6-14(22)8-16(20(13)29)27(30)31)17(11-33-21)12-3-4-18-15(7-12)25-19(28)10-32-18/h2-4,6-9,11,29H,1,5,10H2,(H,25,28). The number of aromatic hydroxyl groups is 1. The fourth-order valence-electron chi connectivity index (χ4n) is 3.07. The molecule has 0 radical (unpaired) electrons. The number of rotatable bonds is 6. The summed E-state index contributed by atoms with van der Waals surface area (Å²) in [6, 6.07) is 7.73. The Morgan fingerprint density at radius 1 is 1.39 bits per heavy atom. The molecule has 0 unspecified atom stereocenters. The van der Waals surface area contributed by atoms with Crippen molar-refractivity contribution in [3.8, 4) is 22.8 Å². The van der Waals surface area contributed by atoms with E-state index in [2.05, 4.69) is 22.0 Å². The summed E-state index contributed by atoms with van der Waals surface area (Å²) in [5.74, 6) is -0.254. The number of fused-ring (bicyclic) bond motifs is 1. The molecule has 1 aliphatic heterocycles. The van der Waals surface area contributed by atoms with Crippen LogP contribution in [0.15, 0.2) is 58.5 Å². The van der Waals surface area contributed by atoms with Gasteiger partial charge in [0, 0.05) is 27.6 Å². The van der Waals surface area contributed by atoms with Crippen molar-refractivity contribution in [2.45, 2.75) is 0 Å². The molecule has 0 atom stereocenters. The largest absolute Gasteiger partial charge is 0.502 e. The first kappa shape index (κ1) is 22.2. The summed E-state index contributed by atoms with van der Waals surface area (Å²) in [6.45, 7) is 3.96. The molecule has 0 saturated heterocycles. The molecular weight excluding hydrogens is 470 g/mol. The van der Waals surface area contributed by atoms with Gasteiger partial charge in [0.05, 0.1) is 29.1 Å². The molecule has 2 heterocycles. The van der Waals surface area contributed by atoms with Crippen LogP contribution in [0.5, 0.6) is 11.5 Å². The Balaban J connectivity index is 1.82. The molecular formula is C21H16ClN5O5S. The molecule has 12 heteroatoms. The molecule has 1 amide bonds. The van der Waals surface area contributed by atoms with Crippen LogP contribution in [0.3, 0.4) is 0 Å². The fourth-order valence-corrected chi connectivity index (χ4v) is 4.13. The van der Waals surface area contributed by atoms with Crippen LogP contribution in [0.2, 0.25) is 5.02 Å². The number of anilines is 1. The highest BCUT2D eigenvalue weighted by Gasteiger charge is 2.19. The predicted molar refractivity (Wildman–Crippen MR) is 125 cm³/mol. The number of nitrogens with zero attached hydrogens (tertiary/aromatic N) is 4. The minimum atomic E-state index is -0.726. The third-order valence-corrected chi connectivity index (χ3v) is 5.61. The lowest BCUT2D eigenvalue weighted by Crippen LogP contribution is -2.25. The van der Waals surface area contributed by atoms with E-state index < -0.39 is 16.4 Å². The number of amides is 1. The van der Waals surface area contributed by atoms with Gasteiger partial charge in [-0.05, 0) is 24.3 Å². The van der Waals surface area contributed by atoms with Crippen LogP contribution in [-0.2, 0) is 4.79 Å². The highest BCUT2D eigenvalue weighted by atomic mass is 35.5. The Bertz CT molecular complexity index is 1380. The third-order valence-electron chi connectivity index (χ3n) is 4.54. The Morgan fingerprint density at radius 2 is 2.21 bits per heavy atom. The Hall–Kier alpha value is -3.96. The zero-order valence-corrected chi connectivity index (χ0v) is 18.5. The maximum absolute atomic E-state index is 11.7. The van der Waals surface area contributed by atoms with Crippen molar-refractivity contribution < 1.29 is 19.6 Å². The Labute approximate surface area is 195 Å². The van der Waals surface area contributed by atoms with E-state index in [0.29, 0.717) is 34.0 Å². The Morgan fingerprint density at radius 3 is 2.97 bits per heavy atom. The first-order chi connectivity index (χ1) is 15.9. The van der Waals surface area contributed by atoms with Crippen LogP contribution in [0.1, 0.15) is 5.56 Å². The maximum atomic E-state index is 11.7. The van der Waals surface area contributed by atoms with E-state index in [0.717, 1.165) is 6.07 Å². The van der Waals surface area contributed by atoms with Crippen molar-refractivity contribution >= 4 is 46.4 Å². The first-order valence-electron chi connectivity index (χ1n) is 9.47. The molecule has 3 aromatic rings. The number of aromatic nitrogens is 1. The number of ether oxygens (including phenoxy) is 1. The molecule has 168 valence electrons. The minimum absolute atomic E-state index is 0.0467. The molecule has 10 nitrogen and oxygen atoms in total. The SMILES string of the molecule is C=CCN=c1scc(-c2ccc3c(c2)NC(=O)CO3)n1N=Cc1cc(Cl)cc([N+](=O)[O-])c1O. The first-order valence-corrected chi connectivity index (χ1v) is 10.7. The summed E-state index contributed by atoms with van der Waals surface area (Å²) in [5, 5.41) is 30.5. The van der Waals surface area contributed by atoms with Gasteiger partial charge in [0.15, 0.2) is 6.61 Å². The van der Waals surface area contributed by atoms with Gasteiger partial charge >= 0.3 is 5.69 Å². The second kappa shape index (κ2) is 9.27. The van der Waals surface area contributed by atoms with Gasteiger partial charge in [-0.1, -0.05) is 17.7 Å². The predicted octanol–water partition coefficient (Wildman–Crippen LogP) is 3.78. The smallest absolute Gasteiger partial charge is 0.312 e. The third kappa shape index (κ3) is 4.64. The summed E-state index contributed by atoms with van der Waals surface area (Å²) >= 11 is 7.29. The maximum Gasteiger partial charge on any atom is 0.312 e. The van der Waals surface area contributed by atoms with E-state index in [1.165, 1.54) is 28.3 Å². The topological polar surface area (TPSA) is 131 Å². The number of hydrogen-bond acceptors (Lipinski definition) is 8. The second-order valence-electron chi connectivity index (χ2n) is 6.76. The van der Waals surface area contributed by atoms with Crippen molar-refractivity contribution in [2.24, 2.45) is 10.1 Å². The summed E-state index contributed by atoms with van der Waals surface area (Å²) in [6.07, 6.45) is 2.89. The van der Waals surface area contributed by atoms with Crippen molar-refractivity contribution in [1.29, 1.82) is 0 Å². The second-order valence-corrected chi connectivity index (χ2v) is 8.03. The zero-order valence-electron chi connectivity index (χ0n) is 16.9. The minimum Gasteiger partial charge on any atom is -0.502 e. The van der Waals surface area contributed by atoms with E-state index in [9.17, 15) is 20.0 Å². The van der Waals surface area contributed by atoms with E-state index in [1.807, 2.05) is 11.4 Å². The van der Waals surface area contributed by atoms with Gasteiger partial charge in [0.2, 0.25) is 10.6 Å². The van der Waals surface area contributed by atoms with Crippen molar-refractivity contribution in [1.82, 2.24) is 4.68 Å². The fraction of sp³-hybridized carbons (Fsp3) is 0.0952. The van der Waals surface area contributed by atoms with Crippen LogP contribution in [0.4, 0.5) is 11.4 Å². The van der Waals surface area contributed by atoms with Crippen LogP contribution in [0.25, 0.3) is 11.3 Å². The number of thiazole rings is 1. The molecule has 1 aromatic heterocycles. The zero-order chi connectivity index (χ0) is 23.5. The lowest BCUT2D eigenvalue weighted by molar-refractivity contribution is -0.385. The molecule has 1 aliphatic rings. The summed E-state index contributed by atoms with van der Waals surface area (Å²) in [5.41, 5.74) is 1.42. The number of nitrogens with one attached hydrogen (secondary N) is 1. The number of benzene rings is 2. The number of phenols is 1. The number of hydrogen-bond donors (Lipinski definition) is 2. The molecule has 2 N–H and O–H groups in total. The molecule has 33 heavy (non-hydrogen) atoms. The molecule has 4 rings (SSSR count). The van der Waals surface area contributed by atoms with Gasteiger partial charge < -0.3 is 15.2 Å². The van der Waals surface area contributed by atoms with E-state index >= 15 is 0 Å². The average molecular weight is 486 g/mol. The van der Waals surface area contributed by atoms with E-state index in [-0.39, 0.29) is 23.1 Å². The molecule has 2 aromatic carbocycles. The van der Waals surface area contributed by atoms with E-state index in [1.54, 1.807) is 18.2 Å². The van der Waals surface area contributed by atoms with Gasteiger partial charge in [-0.3, -0.25) is 19.9 Å². The molecule has 0 aliphatic carbocycles. The van der Waals surface area contributed by atoms with Gasteiger partial charge in [-0.2, -0.15) is 5.10 Å². The van der Waals surface area contributed by atoms with Crippen molar-refractivity contribution in [2.75, 3.05) is 18.5 Å². The number of carbonyl (C=O) groups excluding carboxylic acids is 1. The average Bonchev–Trinajstić information content (AvgIpc) is 3.19. The summed E-state index contributed by atoms with van der Waals surface area (Å²) < 4.78 is 6.93. The van der Waals surface area contributed by atoms with Gasteiger partial charge in [-0.15, -0.1) is 17.9 Å². The highest BCUT2D eigenvalue weighted by Crippen LogP contribution is 2.34. The van der Waals surface area contributed by atoms with Crippen LogP contribution >= 0.6 is 22.9 Å².